The van der Waals surface area contributed by atoms with Crippen LogP contribution < -0.4 is 0 Å². The van der Waals surface area contributed by atoms with Crippen molar-refractivity contribution in [2.24, 2.45) is 56.7 Å². The molecule has 170 valence electrons. The van der Waals surface area contributed by atoms with Crippen molar-refractivity contribution in [2.45, 2.75) is 119 Å². The molecule has 5 saturated carbocycles. The van der Waals surface area contributed by atoms with E-state index in [2.05, 4.69) is 55.0 Å². The molecule has 0 amide bonds. The summed E-state index contributed by atoms with van der Waals surface area (Å²) in [4.78, 5) is 0. The summed E-state index contributed by atoms with van der Waals surface area (Å²) in [5.41, 5.74) is 4.28. The highest BCUT2D eigenvalue weighted by Crippen LogP contribution is 2.77. The van der Waals surface area contributed by atoms with Gasteiger partial charge in [0.1, 0.15) is 0 Å². The number of hydrogen-bond acceptors (Lipinski definition) is 0. The van der Waals surface area contributed by atoms with E-state index in [1.165, 1.54) is 76.2 Å². The number of fused-ring (bicyclic) bond motifs is 7. The van der Waals surface area contributed by atoms with Crippen LogP contribution in [0, 0.1) is 56.7 Å². The number of allylic oxidation sites excluding steroid dienone is 1. The number of rotatable bonds is 1. The van der Waals surface area contributed by atoms with Crippen molar-refractivity contribution in [1.82, 2.24) is 0 Å². The fraction of sp³-hybridized carbons (Fsp3) is 0.933. The van der Waals surface area contributed by atoms with E-state index in [1.807, 2.05) is 0 Å². The molecule has 0 bridgehead atoms. The third-order valence-electron chi connectivity index (χ3n) is 13.2. The molecule has 0 heterocycles. The molecule has 0 radical (unpaired) electrons. The topological polar surface area (TPSA) is 0 Å². The van der Waals surface area contributed by atoms with Crippen LogP contribution in [0.4, 0.5) is 0 Å². The Morgan fingerprint density at radius 1 is 0.700 bits per heavy atom. The van der Waals surface area contributed by atoms with Crippen molar-refractivity contribution in [3.8, 4) is 0 Å². The Kier molecular flexibility index (Phi) is 4.61. The zero-order valence-electron chi connectivity index (χ0n) is 21.4. The van der Waals surface area contributed by atoms with Crippen LogP contribution in [-0.4, -0.2) is 0 Å². The Morgan fingerprint density at radius 2 is 1.43 bits per heavy atom. The molecule has 0 aromatic rings. The summed E-state index contributed by atoms with van der Waals surface area (Å²) in [5.74, 6) is 4.51. The van der Waals surface area contributed by atoms with Gasteiger partial charge in [-0.3, -0.25) is 0 Å². The van der Waals surface area contributed by atoms with Gasteiger partial charge in [-0.05, 0) is 128 Å². The van der Waals surface area contributed by atoms with Gasteiger partial charge < -0.3 is 0 Å². The lowest BCUT2D eigenvalue weighted by Gasteiger charge is -2.72. The van der Waals surface area contributed by atoms with Gasteiger partial charge in [-0.2, -0.15) is 0 Å². The van der Waals surface area contributed by atoms with Crippen LogP contribution in [0.2, 0.25) is 0 Å². The van der Waals surface area contributed by atoms with Crippen LogP contribution in [0.3, 0.4) is 0 Å². The van der Waals surface area contributed by atoms with Crippen LogP contribution in [-0.2, 0) is 0 Å². The molecule has 0 saturated heterocycles. The second kappa shape index (κ2) is 6.41. The van der Waals surface area contributed by atoms with Gasteiger partial charge in [0, 0.05) is 0 Å². The smallest absolute Gasteiger partial charge is 0.0172 e. The van der Waals surface area contributed by atoms with Crippen molar-refractivity contribution in [3.63, 3.8) is 0 Å². The van der Waals surface area contributed by atoms with Gasteiger partial charge in [-0.25, -0.2) is 0 Å². The van der Waals surface area contributed by atoms with Gasteiger partial charge in [0.2, 0.25) is 0 Å². The minimum atomic E-state index is 0.535. The van der Waals surface area contributed by atoms with Gasteiger partial charge in [0.25, 0.3) is 0 Å². The van der Waals surface area contributed by atoms with Crippen molar-refractivity contribution < 1.29 is 0 Å². The van der Waals surface area contributed by atoms with Crippen molar-refractivity contribution in [1.29, 1.82) is 0 Å². The minimum absolute atomic E-state index is 0.535. The predicted molar refractivity (Wildman–Crippen MR) is 129 cm³/mol. The highest BCUT2D eigenvalue weighted by Gasteiger charge is 2.69. The molecule has 5 aliphatic carbocycles. The van der Waals surface area contributed by atoms with Crippen LogP contribution in [0.25, 0.3) is 0 Å². The van der Waals surface area contributed by atoms with E-state index in [-0.39, 0.29) is 0 Å². The Bertz CT molecular complexity index is 730. The van der Waals surface area contributed by atoms with Gasteiger partial charge in [0.05, 0.1) is 0 Å². The second-order valence-electron chi connectivity index (χ2n) is 14.7. The van der Waals surface area contributed by atoms with E-state index < -0.39 is 0 Å². The van der Waals surface area contributed by atoms with Crippen molar-refractivity contribution in [3.05, 3.63) is 12.2 Å². The molecular weight excluding hydrogens is 360 g/mol. The molecule has 0 aromatic heterocycles. The molecule has 5 fully saturated rings. The van der Waals surface area contributed by atoms with E-state index in [0.717, 1.165) is 29.6 Å². The Labute approximate surface area is 188 Å². The molecule has 9 atom stereocenters. The van der Waals surface area contributed by atoms with Gasteiger partial charge in [-0.1, -0.05) is 60.1 Å². The third kappa shape index (κ3) is 2.52. The highest BCUT2D eigenvalue weighted by molar-refractivity contribution is 5.20. The zero-order valence-corrected chi connectivity index (χ0v) is 21.4. The maximum Gasteiger partial charge on any atom is -0.0172 e. The molecule has 5 aliphatic rings. The summed E-state index contributed by atoms with van der Waals surface area (Å²) in [6.45, 7) is 23.0. The molecule has 0 N–H and O–H groups in total. The van der Waals surface area contributed by atoms with Gasteiger partial charge in [-0.15, -0.1) is 0 Å². The fourth-order valence-electron chi connectivity index (χ4n) is 11.6. The summed E-state index contributed by atoms with van der Waals surface area (Å²) >= 11 is 0. The molecule has 0 heteroatoms. The van der Waals surface area contributed by atoms with E-state index in [1.54, 1.807) is 0 Å². The first-order valence-electron chi connectivity index (χ1n) is 13.5. The summed E-state index contributed by atoms with van der Waals surface area (Å²) < 4.78 is 0. The lowest BCUT2D eigenvalue weighted by atomic mass is 9.32. The van der Waals surface area contributed by atoms with E-state index in [0.29, 0.717) is 27.1 Å². The summed E-state index contributed by atoms with van der Waals surface area (Å²) in [5, 5.41) is 0. The molecule has 5 rings (SSSR count). The quantitative estimate of drug-likeness (QED) is 0.378. The molecular formula is C30H50. The molecule has 0 spiro atoms. The maximum absolute atomic E-state index is 4.50. The lowest BCUT2D eigenvalue weighted by molar-refractivity contribution is -0.235. The third-order valence-corrected chi connectivity index (χ3v) is 13.2. The van der Waals surface area contributed by atoms with Crippen molar-refractivity contribution in [2.75, 3.05) is 0 Å². The SMILES string of the molecule is C=C(C)C1CCC2(C)CC[C@]3(C)C(CCC4C5(C)CCCC(C)(C)C5CCC43C)C12. The Morgan fingerprint density at radius 3 is 2.13 bits per heavy atom. The van der Waals surface area contributed by atoms with Crippen LogP contribution >= 0.6 is 0 Å². The molecule has 0 aliphatic heterocycles. The van der Waals surface area contributed by atoms with E-state index in [4.69, 9.17) is 0 Å². The van der Waals surface area contributed by atoms with Crippen molar-refractivity contribution >= 4 is 0 Å². The Balaban J connectivity index is 1.55. The predicted octanol–water partition coefficient (Wildman–Crippen LogP) is 9.05. The first-order chi connectivity index (χ1) is 13.9. The van der Waals surface area contributed by atoms with Crippen LogP contribution in [0.5, 0.6) is 0 Å². The minimum Gasteiger partial charge on any atom is -0.0998 e. The van der Waals surface area contributed by atoms with E-state index in [9.17, 15) is 0 Å². The first kappa shape index (κ1) is 21.6. The standard InChI is InChI=1S/C30H50/c1-20(2)21-12-16-27(5)18-19-29(7)22(25(21)27)10-11-24-28(6)15-9-14-26(3,4)23(28)13-17-30(24,29)8/h21-25H,1,9-19H2,2-8H3/t21?,22?,23?,24?,25?,27?,28?,29-,30?/m1/s1. The van der Waals surface area contributed by atoms with Gasteiger partial charge in [0.15, 0.2) is 0 Å². The zero-order chi connectivity index (χ0) is 21.7. The lowest BCUT2D eigenvalue weighted by Crippen LogP contribution is -2.65. The first-order valence-corrected chi connectivity index (χ1v) is 13.5. The second-order valence-corrected chi connectivity index (χ2v) is 14.7. The summed E-state index contributed by atoms with van der Waals surface area (Å²) in [7, 11) is 0. The van der Waals surface area contributed by atoms with Crippen LogP contribution in [0.15, 0.2) is 12.2 Å². The highest BCUT2D eigenvalue weighted by atomic mass is 14.7. The molecule has 30 heavy (non-hydrogen) atoms. The molecule has 8 unspecified atom stereocenters. The molecule has 0 nitrogen and oxygen atoms in total. The summed E-state index contributed by atoms with van der Waals surface area (Å²) in [6.07, 6.45) is 16.2. The van der Waals surface area contributed by atoms with Gasteiger partial charge >= 0.3 is 0 Å². The molecule has 0 aromatic carbocycles. The maximum atomic E-state index is 4.50. The fourth-order valence-corrected chi connectivity index (χ4v) is 11.6. The summed E-state index contributed by atoms with van der Waals surface area (Å²) in [6, 6.07) is 0. The van der Waals surface area contributed by atoms with E-state index >= 15 is 0 Å². The average Bonchev–Trinajstić information content (AvgIpc) is 2.99. The van der Waals surface area contributed by atoms with Crippen LogP contribution in [0.1, 0.15) is 119 Å². The number of hydrogen-bond donors (Lipinski definition) is 0. The largest absolute Gasteiger partial charge is 0.0998 e. The average molecular weight is 411 g/mol. The monoisotopic (exact) mass is 410 g/mol. The normalized spacial score (nSPS) is 57.0. The Hall–Kier alpha value is -0.260.